The van der Waals surface area contributed by atoms with E-state index in [9.17, 15) is 0 Å². The lowest BCUT2D eigenvalue weighted by molar-refractivity contribution is 0.592. The van der Waals surface area contributed by atoms with Crippen LogP contribution in [-0.4, -0.2) is 4.98 Å². The summed E-state index contributed by atoms with van der Waals surface area (Å²) in [5, 5.41) is 3.79. The van der Waals surface area contributed by atoms with Crippen LogP contribution in [-0.2, 0) is 5.41 Å². The van der Waals surface area contributed by atoms with Crippen LogP contribution in [0.25, 0.3) is 0 Å². The van der Waals surface area contributed by atoms with Crippen molar-refractivity contribution in [2.75, 3.05) is 11.1 Å². The summed E-state index contributed by atoms with van der Waals surface area (Å²) < 4.78 is 0. The number of hydrogen-bond donors (Lipinski definition) is 2. The predicted molar refractivity (Wildman–Crippen MR) is 82.1 cm³/mol. The topological polar surface area (TPSA) is 50.9 Å². The molecule has 1 aromatic carbocycles. The second-order valence-electron chi connectivity index (χ2n) is 5.52. The van der Waals surface area contributed by atoms with Crippen molar-refractivity contribution in [3.05, 3.63) is 47.1 Å². The number of nitrogens with zero attached hydrogens (tertiary/aromatic N) is 1. The Morgan fingerprint density at radius 3 is 2.53 bits per heavy atom. The minimum absolute atomic E-state index is 0.0455. The van der Waals surface area contributed by atoms with Crippen molar-refractivity contribution in [2.45, 2.75) is 26.2 Å². The Balaban J connectivity index is 2.39. The number of nitrogens with two attached hydrogens (primary N) is 1. The molecule has 0 aliphatic heterocycles. The van der Waals surface area contributed by atoms with E-state index in [0.29, 0.717) is 16.5 Å². The fourth-order valence-corrected chi connectivity index (χ4v) is 2.14. The molecule has 0 saturated carbocycles. The highest BCUT2D eigenvalue weighted by Gasteiger charge is 2.18. The maximum Gasteiger partial charge on any atom is 0.149 e. The maximum atomic E-state index is 6.14. The summed E-state index contributed by atoms with van der Waals surface area (Å²) in [5.41, 5.74) is 8.47. The summed E-state index contributed by atoms with van der Waals surface area (Å²) in [5.74, 6) is 0.618. The number of halogens is 1. The number of rotatable bonds is 2. The molecule has 0 aliphatic carbocycles. The third-order valence-corrected chi connectivity index (χ3v) is 3.14. The summed E-state index contributed by atoms with van der Waals surface area (Å²) >= 11 is 6.14. The van der Waals surface area contributed by atoms with Crippen molar-refractivity contribution >= 4 is 28.8 Å². The molecule has 0 spiro atoms. The summed E-state index contributed by atoms with van der Waals surface area (Å²) in [6, 6.07) is 9.84. The Morgan fingerprint density at radius 1 is 1.21 bits per heavy atom. The molecule has 2 aromatic rings. The van der Waals surface area contributed by atoms with Gasteiger partial charge in [-0.2, -0.15) is 0 Å². The molecule has 100 valence electrons. The predicted octanol–water partition coefficient (Wildman–Crippen LogP) is 4.36. The first kappa shape index (κ1) is 13.7. The Morgan fingerprint density at radius 2 is 1.89 bits per heavy atom. The van der Waals surface area contributed by atoms with Crippen molar-refractivity contribution in [1.29, 1.82) is 0 Å². The summed E-state index contributed by atoms with van der Waals surface area (Å²) in [6.45, 7) is 6.52. The van der Waals surface area contributed by atoms with Gasteiger partial charge < -0.3 is 11.1 Å². The number of nitrogens with one attached hydrogen (secondary N) is 1. The molecule has 2 rings (SSSR count). The molecule has 19 heavy (non-hydrogen) atoms. The van der Waals surface area contributed by atoms with Gasteiger partial charge >= 0.3 is 0 Å². The first-order valence-corrected chi connectivity index (χ1v) is 6.53. The monoisotopic (exact) mass is 275 g/mol. The Labute approximate surface area is 118 Å². The van der Waals surface area contributed by atoms with E-state index in [1.54, 1.807) is 12.3 Å². The fraction of sp³-hybridized carbons (Fsp3) is 0.267. The van der Waals surface area contributed by atoms with Crippen molar-refractivity contribution in [3.8, 4) is 0 Å². The van der Waals surface area contributed by atoms with Crippen LogP contribution in [0.15, 0.2) is 36.5 Å². The molecule has 4 heteroatoms. The third-order valence-electron chi connectivity index (χ3n) is 2.85. The molecule has 3 N–H and O–H groups in total. The second-order valence-corrected chi connectivity index (χ2v) is 5.93. The van der Waals surface area contributed by atoms with Crippen molar-refractivity contribution < 1.29 is 0 Å². The van der Waals surface area contributed by atoms with E-state index >= 15 is 0 Å². The van der Waals surface area contributed by atoms with Crippen LogP contribution in [0.2, 0.25) is 5.02 Å². The molecule has 0 bridgehead atoms. The maximum absolute atomic E-state index is 6.14. The smallest absolute Gasteiger partial charge is 0.149 e. The number of nitrogen functional groups attached to an aromatic ring is 1. The lowest BCUT2D eigenvalue weighted by Gasteiger charge is -2.23. The molecule has 0 aliphatic rings. The number of pyridine rings is 1. The first-order chi connectivity index (χ1) is 8.88. The van der Waals surface area contributed by atoms with E-state index in [-0.39, 0.29) is 5.41 Å². The number of para-hydroxylation sites is 1. The van der Waals surface area contributed by atoms with Gasteiger partial charge in [0, 0.05) is 5.69 Å². The molecule has 1 aromatic heterocycles. The second kappa shape index (κ2) is 5.10. The standard InChI is InChI=1S/C15H18ClN3/c1-15(2,3)11-6-4-5-7-13(11)19-14-12(16)8-10(17)9-18-14/h4-9H,17H2,1-3H3,(H,18,19). The summed E-state index contributed by atoms with van der Waals surface area (Å²) in [7, 11) is 0. The van der Waals surface area contributed by atoms with Gasteiger partial charge in [0.1, 0.15) is 5.82 Å². The van der Waals surface area contributed by atoms with Crippen LogP contribution < -0.4 is 11.1 Å². The van der Waals surface area contributed by atoms with E-state index in [1.807, 2.05) is 18.2 Å². The van der Waals surface area contributed by atoms with Gasteiger partial charge in [-0.1, -0.05) is 50.6 Å². The highest BCUT2D eigenvalue weighted by molar-refractivity contribution is 6.33. The zero-order chi connectivity index (χ0) is 14.0. The van der Waals surface area contributed by atoms with E-state index in [1.165, 1.54) is 5.56 Å². The number of anilines is 3. The van der Waals surface area contributed by atoms with Gasteiger partial charge in [-0.05, 0) is 23.1 Å². The van der Waals surface area contributed by atoms with Gasteiger partial charge in [-0.25, -0.2) is 4.98 Å². The lowest BCUT2D eigenvalue weighted by atomic mass is 9.86. The average Bonchev–Trinajstić information content (AvgIpc) is 2.32. The van der Waals surface area contributed by atoms with Crippen molar-refractivity contribution in [1.82, 2.24) is 4.98 Å². The Kier molecular flexibility index (Phi) is 3.67. The molecule has 0 radical (unpaired) electrons. The molecule has 0 fully saturated rings. The SMILES string of the molecule is CC(C)(C)c1ccccc1Nc1ncc(N)cc1Cl. The van der Waals surface area contributed by atoms with Gasteiger partial charge in [0.05, 0.1) is 16.9 Å². The molecule has 0 amide bonds. The minimum Gasteiger partial charge on any atom is -0.397 e. The summed E-state index contributed by atoms with van der Waals surface area (Å²) in [6.07, 6.45) is 1.59. The van der Waals surface area contributed by atoms with E-state index in [0.717, 1.165) is 5.69 Å². The van der Waals surface area contributed by atoms with E-state index in [4.69, 9.17) is 17.3 Å². The van der Waals surface area contributed by atoms with Crippen LogP contribution in [0, 0.1) is 0 Å². The van der Waals surface area contributed by atoms with Crippen LogP contribution >= 0.6 is 11.6 Å². The molecule has 0 atom stereocenters. The number of aromatic nitrogens is 1. The number of benzene rings is 1. The van der Waals surface area contributed by atoms with E-state index in [2.05, 4.69) is 37.1 Å². The average molecular weight is 276 g/mol. The van der Waals surface area contributed by atoms with Gasteiger partial charge in [0.25, 0.3) is 0 Å². The zero-order valence-electron chi connectivity index (χ0n) is 11.4. The van der Waals surface area contributed by atoms with Gasteiger partial charge in [-0.3, -0.25) is 0 Å². The van der Waals surface area contributed by atoms with Crippen LogP contribution in [0.5, 0.6) is 0 Å². The molecular formula is C15H18ClN3. The van der Waals surface area contributed by atoms with Gasteiger partial charge in [-0.15, -0.1) is 0 Å². The van der Waals surface area contributed by atoms with Crippen molar-refractivity contribution in [3.63, 3.8) is 0 Å². The van der Waals surface area contributed by atoms with Crippen molar-refractivity contribution in [2.24, 2.45) is 0 Å². The Hall–Kier alpha value is -1.74. The molecule has 0 saturated heterocycles. The minimum atomic E-state index is 0.0455. The quantitative estimate of drug-likeness (QED) is 0.856. The Bertz CT molecular complexity index is 588. The van der Waals surface area contributed by atoms with Gasteiger partial charge in [0.15, 0.2) is 0 Å². The van der Waals surface area contributed by atoms with Crippen LogP contribution in [0.4, 0.5) is 17.2 Å². The number of hydrogen-bond acceptors (Lipinski definition) is 3. The van der Waals surface area contributed by atoms with Crippen LogP contribution in [0.1, 0.15) is 26.3 Å². The lowest BCUT2D eigenvalue weighted by Crippen LogP contribution is -2.13. The molecule has 3 nitrogen and oxygen atoms in total. The normalized spacial score (nSPS) is 11.4. The zero-order valence-corrected chi connectivity index (χ0v) is 12.1. The first-order valence-electron chi connectivity index (χ1n) is 6.15. The fourth-order valence-electron chi connectivity index (χ4n) is 1.92. The highest BCUT2D eigenvalue weighted by Crippen LogP contribution is 2.32. The highest BCUT2D eigenvalue weighted by atomic mass is 35.5. The van der Waals surface area contributed by atoms with E-state index < -0.39 is 0 Å². The molecule has 0 unspecified atom stereocenters. The summed E-state index contributed by atoms with van der Waals surface area (Å²) in [4.78, 5) is 4.23. The molecular weight excluding hydrogens is 258 g/mol. The molecule has 1 heterocycles. The third kappa shape index (κ3) is 3.18. The van der Waals surface area contributed by atoms with Gasteiger partial charge in [0.2, 0.25) is 0 Å². The van der Waals surface area contributed by atoms with Crippen LogP contribution in [0.3, 0.4) is 0 Å². The largest absolute Gasteiger partial charge is 0.397 e.